The quantitative estimate of drug-likeness (QED) is 0.611. The number of halogens is 1. The van der Waals surface area contributed by atoms with Gasteiger partial charge < -0.3 is 25.2 Å². The Hall–Kier alpha value is -2.10. The summed E-state index contributed by atoms with van der Waals surface area (Å²) >= 11 is 0. The van der Waals surface area contributed by atoms with Crippen LogP contribution >= 0.6 is 0 Å². The Balaban J connectivity index is 1.35. The lowest BCUT2D eigenvalue weighted by Crippen LogP contribution is -2.57. The molecule has 1 aromatic heterocycles. The second-order valence-corrected chi connectivity index (χ2v) is 7.83. The summed E-state index contributed by atoms with van der Waals surface area (Å²) in [4.78, 5) is 8.77. The first kappa shape index (κ1) is 21.1. The summed E-state index contributed by atoms with van der Waals surface area (Å²) in [5, 5.41) is 23.8. The Morgan fingerprint density at radius 1 is 1.07 bits per heavy atom. The molecule has 2 aromatic rings. The molecule has 1 aromatic carbocycles. The van der Waals surface area contributed by atoms with Crippen LogP contribution in [-0.2, 0) is 11.3 Å². The Labute approximate surface area is 176 Å². The average molecular weight is 416 g/mol. The van der Waals surface area contributed by atoms with Crippen LogP contribution in [0.1, 0.15) is 5.69 Å². The first-order valence-electron chi connectivity index (χ1n) is 10.5. The maximum atomic E-state index is 13.2. The van der Waals surface area contributed by atoms with Gasteiger partial charge in [0.1, 0.15) is 18.0 Å². The number of hydrogen-bond donors (Lipinski definition) is 3. The number of aliphatic hydroxyl groups is 2. The number of hydrogen-bond acceptors (Lipinski definition) is 7. The number of aliphatic hydroxyl groups excluding tert-OH is 2. The number of pyridine rings is 1. The lowest BCUT2D eigenvalue weighted by molar-refractivity contribution is -0.0213. The Morgan fingerprint density at radius 2 is 1.83 bits per heavy atom. The molecule has 3 heterocycles. The van der Waals surface area contributed by atoms with Gasteiger partial charge in [0.05, 0.1) is 24.4 Å². The zero-order valence-corrected chi connectivity index (χ0v) is 16.9. The minimum absolute atomic E-state index is 0.186. The highest BCUT2D eigenvalue weighted by Gasteiger charge is 2.46. The maximum absolute atomic E-state index is 13.2. The van der Waals surface area contributed by atoms with Crippen molar-refractivity contribution in [2.45, 2.75) is 30.9 Å². The topological polar surface area (TPSA) is 81.1 Å². The molecule has 7 nitrogen and oxygen atoms in total. The van der Waals surface area contributed by atoms with Gasteiger partial charge in [-0.05, 0) is 36.4 Å². The zero-order chi connectivity index (χ0) is 20.9. The van der Waals surface area contributed by atoms with Crippen LogP contribution in [0.2, 0.25) is 0 Å². The summed E-state index contributed by atoms with van der Waals surface area (Å²) < 4.78 is 19.2. The molecular weight excluding hydrogens is 387 g/mol. The number of piperazine rings is 1. The molecule has 0 bridgehead atoms. The van der Waals surface area contributed by atoms with Crippen LogP contribution in [0.5, 0.6) is 0 Å². The van der Waals surface area contributed by atoms with Gasteiger partial charge in [-0.3, -0.25) is 9.88 Å². The lowest BCUT2D eigenvalue weighted by Gasteiger charge is -2.41. The predicted octanol–water partition coefficient (Wildman–Crippen LogP) is 0.622. The lowest BCUT2D eigenvalue weighted by atomic mass is 10.0. The molecule has 162 valence electrons. The highest BCUT2D eigenvalue weighted by Crippen LogP contribution is 2.27. The third kappa shape index (κ3) is 4.79. The van der Waals surface area contributed by atoms with E-state index in [9.17, 15) is 14.6 Å². The van der Waals surface area contributed by atoms with E-state index >= 15 is 0 Å². The van der Waals surface area contributed by atoms with E-state index in [0.717, 1.165) is 37.6 Å². The number of rotatable bonds is 7. The third-order valence-electron chi connectivity index (χ3n) is 5.95. The van der Waals surface area contributed by atoms with Crippen molar-refractivity contribution in [3.63, 3.8) is 0 Å². The summed E-state index contributed by atoms with van der Waals surface area (Å²) in [5.41, 5.74) is 1.94. The molecule has 4 rings (SSSR count). The summed E-state index contributed by atoms with van der Waals surface area (Å²) in [7, 11) is 0. The number of nitrogens with zero attached hydrogens (tertiary/aromatic N) is 3. The molecule has 2 fully saturated rings. The second-order valence-electron chi connectivity index (χ2n) is 7.83. The van der Waals surface area contributed by atoms with Gasteiger partial charge in [-0.15, -0.1) is 0 Å². The Bertz CT molecular complexity index is 787. The summed E-state index contributed by atoms with van der Waals surface area (Å²) in [6.07, 6.45) is 0.219. The number of ether oxygens (including phenoxy) is 1. The highest BCUT2D eigenvalue weighted by molar-refractivity contribution is 5.46. The molecule has 0 saturated carbocycles. The molecule has 4 atom stereocenters. The molecule has 8 heteroatoms. The van der Waals surface area contributed by atoms with E-state index in [4.69, 9.17) is 4.74 Å². The monoisotopic (exact) mass is 416 g/mol. The highest BCUT2D eigenvalue weighted by atomic mass is 19.1. The van der Waals surface area contributed by atoms with E-state index in [2.05, 4.69) is 20.1 Å². The number of benzene rings is 1. The Morgan fingerprint density at radius 3 is 2.50 bits per heavy atom. The molecule has 2 aliphatic heterocycles. The van der Waals surface area contributed by atoms with E-state index in [1.54, 1.807) is 18.3 Å². The molecule has 0 aliphatic carbocycles. The number of anilines is 1. The van der Waals surface area contributed by atoms with Crippen molar-refractivity contribution in [2.75, 3.05) is 44.2 Å². The van der Waals surface area contributed by atoms with Gasteiger partial charge in [-0.25, -0.2) is 4.39 Å². The van der Waals surface area contributed by atoms with Crippen LogP contribution in [0.15, 0.2) is 48.7 Å². The fraction of sp³-hybridized carbons (Fsp3) is 0.500. The molecule has 2 saturated heterocycles. The molecule has 0 amide bonds. The smallest absolute Gasteiger partial charge is 0.123 e. The van der Waals surface area contributed by atoms with Crippen molar-refractivity contribution in [1.82, 2.24) is 15.2 Å². The fourth-order valence-corrected chi connectivity index (χ4v) is 4.37. The van der Waals surface area contributed by atoms with Crippen molar-refractivity contribution < 1.29 is 19.3 Å². The van der Waals surface area contributed by atoms with Crippen molar-refractivity contribution in [1.29, 1.82) is 0 Å². The molecule has 2 aliphatic rings. The molecule has 0 unspecified atom stereocenters. The molecule has 0 radical (unpaired) electrons. The largest absolute Gasteiger partial charge is 0.394 e. The van der Waals surface area contributed by atoms with E-state index < -0.39 is 12.2 Å². The standard InChI is InChI=1S/C22H29FN4O3/c23-16-4-6-18(7-5-16)26-9-11-27(12-10-26)21-19(30-20(15-28)22(21)29)14-24-13-17-3-1-2-8-25-17/h1-8,19-22,24,28-29H,9-15H2/t19-,20-,21-,22+/m0/s1. The molecular formula is C22H29FN4O3. The van der Waals surface area contributed by atoms with Gasteiger partial charge in [0.2, 0.25) is 0 Å². The fourth-order valence-electron chi connectivity index (χ4n) is 4.37. The van der Waals surface area contributed by atoms with Gasteiger partial charge in [-0.2, -0.15) is 0 Å². The molecule has 0 spiro atoms. The van der Waals surface area contributed by atoms with Gasteiger partial charge >= 0.3 is 0 Å². The van der Waals surface area contributed by atoms with Gasteiger partial charge in [0.25, 0.3) is 0 Å². The van der Waals surface area contributed by atoms with Gasteiger partial charge in [0, 0.05) is 51.2 Å². The zero-order valence-electron chi connectivity index (χ0n) is 16.9. The molecule has 30 heavy (non-hydrogen) atoms. The van der Waals surface area contributed by atoms with E-state index in [-0.39, 0.29) is 24.6 Å². The van der Waals surface area contributed by atoms with Gasteiger partial charge in [-0.1, -0.05) is 6.07 Å². The van der Waals surface area contributed by atoms with Crippen LogP contribution < -0.4 is 10.2 Å². The van der Waals surface area contributed by atoms with Crippen molar-refractivity contribution in [2.24, 2.45) is 0 Å². The van der Waals surface area contributed by atoms with Crippen molar-refractivity contribution >= 4 is 5.69 Å². The van der Waals surface area contributed by atoms with Crippen LogP contribution in [-0.4, -0.2) is 83.8 Å². The molecule has 3 N–H and O–H groups in total. The minimum Gasteiger partial charge on any atom is -0.394 e. The summed E-state index contributed by atoms with van der Waals surface area (Å²) in [5.74, 6) is -0.236. The summed E-state index contributed by atoms with van der Waals surface area (Å²) in [6, 6.07) is 12.2. The number of nitrogens with one attached hydrogen (secondary N) is 1. The van der Waals surface area contributed by atoms with Crippen LogP contribution in [0.4, 0.5) is 10.1 Å². The number of aromatic nitrogens is 1. The maximum Gasteiger partial charge on any atom is 0.123 e. The SMILES string of the molecule is OC[C@@H]1O[C@@H](CNCc2ccccn2)[C@H](N2CCN(c3ccc(F)cc3)CC2)[C@@H]1O. The predicted molar refractivity (Wildman–Crippen MR) is 112 cm³/mol. The summed E-state index contributed by atoms with van der Waals surface area (Å²) in [6.45, 7) is 4.07. The van der Waals surface area contributed by atoms with Crippen LogP contribution in [0, 0.1) is 5.82 Å². The van der Waals surface area contributed by atoms with Crippen LogP contribution in [0.3, 0.4) is 0 Å². The van der Waals surface area contributed by atoms with Crippen molar-refractivity contribution in [3.05, 3.63) is 60.2 Å². The minimum atomic E-state index is -0.742. The second kappa shape index (κ2) is 9.80. The van der Waals surface area contributed by atoms with E-state index in [1.165, 1.54) is 12.1 Å². The third-order valence-corrected chi connectivity index (χ3v) is 5.95. The first-order valence-corrected chi connectivity index (χ1v) is 10.5. The first-order chi connectivity index (χ1) is 14.7. The van der Waals surface area contributed by atoms with E-state index in [1.807, 2.05) is 18.2 Å². The van der Waals surface area contributed by atoms with Crippen molar-refractivity contribution in [3.8, 4) is 0 Å². The average Bonchev–Trinajstić information content (AvgIpc) is 3.10. The van der Waals surface area contributed by atoms with Crippen LogP contribution in [0.25, 0.3) is 0 Å². The van der Waals surface area contributed by atoms with E-state index in [0.29, 0.717) is 13.1 Å². The van der Waals surface area contributed by atoms with Gasteiger partial charge in [0.15, 0.2) is 0 Å². The normalized spacial score (nSPS) is 27.5. The Kier molecular flexibility index (Phi) is 6.91.